The largest absolute Gasteiger partial charge is 0.443 e. The lowest BCUT2D eigenvalue weighted by Gasteiger charge is -2.17. The number of aromatic nitrogens is 4. The van der Waals surface area contributed by atoms with Gasteiger partial charge in [0.2, 0.25) is 5.95 Å². The van der Waals surface area contributed by atoms with E-state index in [0.717, 1.165) is 4.57 Å². The van der Waals surface area contributed by atoms with Gasteiger partial charge in [0.05, 0.1) is 24.6 Å². The highest BCUT2D eigenvalue weighted by molar-refractivity contribution is 5.75. The molecule has 0 amide bonds. The van der Waals surface area contributed by atoms with Crippen molar-refractivity contribution in [2.45, 2.75) is 53.2 Å². The summed E-state index contributed by atoms with van der Waals surface area (Å²) in [6.07, 6.45) is 2.49. The van der Waals surface area contributed by atoms with Crippen molar-refractivity contribution in [1.82, 2.24) is 24.4 Å². The van der Waals surface area contributed by atoms with E-state index in [1.807, 2.05) is 13.8 Å². The minimum atomic E-state index is -0.732. The second-order valence-electron chi connectivity index (χ2n) is 9.18. The van der Waals surface area contributed by atoms with Gasteiger partial charge in [0.15, 0.2) is 23.7 Å². The van der Waals surface area contributed by atoms with E-state index in [4.69, 9.17) is 14.2 Å². The molecule has 1 aliphatic rings. The number of carbonyl (C=O) groups is 1. The second kappa shape index (κ2) is 9.25. The molecule has 3 rings (SSSR count). The number of rotatable bonds is 4. The normalized spacial score (nSPS) is 17.7. The molecule has 0 bridgehead atoms. The number of esters is 1. The molecular formula is C22H28N6O5. The fourth-order valence-corrected chi connectivity index (χ4v) is 2.68. The van der Waals surface area contributed by atoms with Crippen molar-refractivity contribution in [3.05, 3.63) is 22.2 Å². The summed E-state index contributed by atoms with van der Waals surface area (Å²) in [5.74, 6) is 4.66. The SMILES string of the molecule is CN(C)/C=N/c1nc2ncc(C#C[C@H]3COC(C)(C)O3)nc2c(=O)n1COC(=O)C(C)(C)C. The fraction of sp³-hybridized carbons (Fsp3) is 0.545. The highest BCUT2D eigenvalue weighted by Gasteiger charge is 2.31. The summed E-state index contributed by atoms with van der Waals surface area (Å²) >= 11 is 0. The maximum Gasteiger partial charge on any atom is 0.312 e. The molecule has 0 aliphatic carbocycles. The van der Waals surface area contributed by atoms with Crippen LogP contribution in [0.25, 0.3) is 11.2 Å². The molecule has 11 heteroatoms. The molecule has 3 heterocycles. The van der Waals surface area contributed by atoms with E-state index < -0.39 is 28.8 Å². The second-order valence-corrected chi connectivity index (χ2v) is 9.18. The van der Waals surface area contributed by atoms with Crippen molar-refractivity contribution in [2.75, 3.05) is 20.7 Å². The third-order valence-electron chi connectivity index (χ3n) is 4.36. The van der Waals surface area contributed by atoms with Gasteiger partial charge in [0, 0.05) is 14.1 Å². The number of nitrogens with zero attached hydrogens (tertiary/aromatic N) is 6. The summed E-state index contributed by atoms with van der Waals surface area (Å²) in [7, 11) is 3.55. The highest BCUT2D eigenvalue weighted by atomic mass is 16.7. The zero-order chi connectivity index (χ0) is 24.4. The fourth-order valence-electron chi connectivity index (χ4n) is 2.68. The first-order chi connectivity index (χ1) is 15.4. The number of hydrogen-bond donors (Lipinski definition) is 0. The number of carbonyl (C=O) groups excluding carboxylic acids is 1. The minimum absolute atomic E-state index is 0.0127. The Morgan fingerprint density at radius 3 is 2.73 bits per heavy atom. The van der Waals surface area contributed by atoms with Crippen LogP contribution in [0.1, 0.15) is 40.3 Å². The third-order valence-corrected chi connectivity index (χ3v) is 4.36. The van der Waals surface area contributed by atoms with Crippen LogP contribution in [0.3, 0.4) is 0 Å². The van der Waals surface area contributed by atoms with Crippen LogP contribution in [0.5, 0.6) is 0 Å². The molecule has 2 aromatic heterocycles. The topological polar surface area (TPSA) is 121 Å². The molecule has 0 aromatic carbocycles. The maximum atomic E-state index is 13.2. The van der Waals surface area contributed by atoms with Crippen molar-refractivity contribution >= 4 is 29.4 Å². The van der Waals surface area contributed by atoms with Gasteiger partial charge in [-0.15, -0.1) is 0 Å². The number of aliphatic imine (C=N–C) groups is 1. The predicted octanol–water partition coefficient (Wildman–Crippen LogP) is 1.46. The average Bonchev–Trinajstić information content (AvgIpc) is 3.08. The highest BCUT2D eigenvalue weighted by Crippen LogP contribution is 2.21. The van der Waals surface area contributed by atoms with Crippen LogP contribution in [0, 0.1) is 17.3 Å². The Labute approximate surface area is 191 Å². The van der Waals surface area contributed by atoms with E-state index in [9.17, 15) is 9.59 Å². The van der Waals surface area contributed by atoms with Crippen LogP contribution in [0.15, 0.2) is 16.0 Å². The van der Waals surface area contributed by atoms with Gasteiger partial charge in [0.1, 0.15) is 11.8 Å². The summed E-state index contributed by atoms with van der Waals surface area (Å²) in [5.41, 5.74) is -0.912. The molecule has 0 unspecified atom stereocenters. The lowest BCUT2D eigenvalue weighted by molar-refractivity contribution is -0.157. The van der Waals surface area contributed by atoms with E-state index in [2.05, 4.69) is 31.8 Å². The summed E-state index contributed by atoms with van der Waals surface area (Å²) < 4.78 is 17.6. The Kier molecular flexibility index (Phi) is 6.81. The third kappa shape index (κ3) is 6.12. The molecule has 0 saturated carbocycles. The Morgan fingerprint density at radius 2 is 2.12 bits per heavy atom. The molecule has 2 aromatic rings. The summed E-state index contributed by atoms with van der Waals surface area (Å²) in [6, 6.07) is 0. The zero-order valence-electron chi connectivity index (χ0n) is 19.9. The first-order valence-electron chi connectivity index (χ1n) is 10.3. The lowest BCUT2D eigenvalue weighted by atomic mass is 9.98. The lowest BCUT2D eigenvalue weighted by Crippen LogP contribution is -2.29. The van der Waals surface area contributed by atoms with Crippen molar-refractivity contribution in [3.63, 3.8) is 0 Å². The minimum Gasteiger partial charge on any atom is -0.443 e. The number of hydrogen-bond acceptors (Lipinski definition) is 9. The van der Waals surface area contributed by atoms with Crippen molar-refractivity contribution in [2.24, 2.45) is 10.4 Å². The Bertz CT molecular complexity index is 1200. The summed E-state index contributed by atoms with van der Waals surface area (Å²) in [5, 5.41) is 0. The molecule has 176 valence electrons. The van der Waals surface area contributed by atoms with Gasteiger partial charge in [-0.1, -0.05) is 5.92 Å². The molecule has 0 radical (unpaired) electrons. The van der Waals surface area contributed by atoms with Gasteiger partial charge in [0.25, 0.3) is 5.56 Å². The number of fused-ring (bicyclic) bond motifs is 1. The maximum absolute atomic E-state index is 13.2. The van der Waals surface area contributed by atoms with Gasteiger partial charge in [-0.05, 0) is 40.5 Å². The standard InChI is InChI=1S/C22H28N6O5/c1-21(2,3)19(30)31-13-28-18(29)16-17(26-20(28)24-12-27(6)7)23-10-14(25-16)8-9-15-11-32-22(4,5)33-15/h10,12,15H,11,13H2,1-7H3/b24-12+/t15-/m0/s1. The molecule has 0 N–H and O–H groups in total. The van der Waals surface area contributed by atoms with E-state index in [-0.39, 0.29) is 29.5 Å². The zero-order valence-corrected chi connectivity index (χ0v) is 19.9. The van der Waals surface area contributed by atoms with Gasteiger partial charge in [-0.25, -0.2) is 19.5 Å². The smallest absolute Gasteiger partial charge is 0.312 e. The average molecular weight is 457 g/mol. The van der Waals surface area contributed by atoms with Crippen LogP contribution < -0.4 is 5.56 Å². The molecule has 1 saturated heterocycles. The van der Waals surface area contributed by atoms with E-state index in [1.54, 1.807) is 39.8 Å². The molecule has 1 fully saturated rings. The summed E-state index contributed by atoms with van der Waals surface area (Å²) in [4.78, 5) is 44.2. The molecule has 33 heavy (non-hydrogen) atoms. The molecule has 0 spiro atoms. The van der Waals surface area contributed by atoms with Crippen LogP contribution >= 0.6 is 0 Å². The van der Waals surface area contributed by atoms with Crippen molar-refractivity contribution in [1.29, 1.82) is 0 Å². The van der Waals surface area contributed by atoms with E-state index in [0.29, 0.717) is 6.61 Å². The summed E-state index contributed by atoms with van der Waals surface area (Å²) in [6.45, 7) is 8.75. The first-order valence-corrected chi connectivity index (χ1v) is 10.3. The Balaban J connectivity index is 1.99. The van der Waals surface area contributed by atoms with Crippen molar-refractivity contribution < 1.29 is 19.0 Å². The Morgan fingerprint density at radius 1 is 1.39 bits per heavy atom. The molecule has 11 nitrogen and oxygen atoms in total. The molecule has 1 aliphatic heterocycles. The van der Waals surface area contributed by atoms with Crippen molar-refractivity contribution in [3.8, 4) is 11.8 Å². The quantitative estimate of drug-likeness (QED) is 0.291. The van der Waals surface area contributed by atoms with E-state index in [1.165, 1.54) is 12.5 Å². The van der Waals surface area contributed by atoms with Crippen LogP contribution in [0.4, 0.5) is 5.95 Å². The van der Waals surface area contributed by atoms with E-state index >= 15 is 0 Å². The van der Waals surface area contributed by atoms with Crippen LogP contribution in [-0.2, 0) is 25.7 Å². The monoisotopic (exact) mass is 456 g/mol. The van der Waals surface area contributed by atoms with Gasteiger partial charge in [-0.3, -0.25) is 9.59 Å². The van der Waals surface area contributed by atoms with Crippen LogP contribution in [-0.4, -0.2) is 69.3 Å². The number of ether oxygens (including phenoxy) is 3. The predicted molar refractivity (Wildman–Crippen MR) is 121 cm³/mol. The Hall–Kier alpha value is -3.36. The van der Waals surface area contributed by atoms with Gasteiger partial charge in [-0.2, -0.15) is 4.98 Å². The first kappa shape index (κ1) is 24.3. The molecular weight excluding hydrogens is 428 g/mol. The van der Waals surface area contributed by atoms with Gasteiger partial charge >= 0.3 is 5.97 Å². The molecule has 1 atom stereocenters. The van der Waals surface area contributed by atoms with Gasteiger partial charge < -0.3 is 19.1 Å². The van der Waals surface area contributed by atoms with Crippen LogP contribution in [0.2, 0.25) is 0 Å².